The summed E-state index contributed by atoms with van der Waals surface area (Å²) in [5.74, 6) is 0.241. The van der Waals surface area contributed by atoms with Gasteiger partial charge in [0.05, 0.1) is 9.09 Å². The average Bonchev–Trinajstić information content (AvgIpc) is 2.85. The number of thioether (sulfide) groups is 1. The van der Waals surface area contributed by atoms with Crippen molar-refractivity contribution in [2.45, 2.75) is 43.7 Å². The summed E-state index contributed by atoms with van der Waals surface area (Å²) in [5.41, 5.74) is 2.58. The summed E-state index contributed by atoms with van der Waals surface area (Å²) in [4.78, 5) is 15.8. The molecule has 1 aliphatic carbocycles. The Kier molecular flexibility index (Phi) is 5.73. The third kappa shape index (κ3) is 3.12. The van der Waals surface area contributed by atoms with Crippen LogP contribution in [0.2, 0.25) is 0 Å². The van der Waals surface area contributed by atoms with Gasteiger partial charge >= 0.3 is 0 Å². The molecule has 0 fully saturated rings. The van der Waals surface area contributed by atoms with E-state index in [2.05, 4.69) is 32.3 Å². The molecule has 0 N–H and O–H groups in total. The molecule has 0 radical (unpaired) electrons. The Bertz CT molecular complexity index is 499. The van der Waals surface area contributed by atoms with Gasteiger partial charge in [0.2, 0.25) is 0 Å². The molecular formula is C16H23NOS2. The summed E-state index contributed by atoms with van der Waals surface area (Å²) in [7, 11) is 0. The molecule has 0 bridgehead atoms. The maximum absolute atomic E-state index is 12.8. The van der Waals surface area contributed by atoms with Gasteiger partial charge in [0, 0.05) is 18.7 Å². The fourth-order valence-electron chi connectivity index (χ4n) is 2.62. The average molecular weight is 310 g/mol. The molecule has 1 amide bonds. The van der Waals surface area contributed by atoms with Gasteiger partial charge in [-0.1, -0.05) is 26.0 Å². The Labute approximate surface area is 130 Å². The van der Waals surface area contributed by atoms with Crippen LogP contribution in [0.15, 0.2) is 10.3 Å². The highest BCUT2D eigenvalue weighted by atomic mass is 32.2. The maximum atomic E-state index is 12.8. The molecule has 0 spiro atoms. The van der Waals surface area contributed by atoms with Crippen molar-refractivity contribution in [2.24, 2.45) is 0 Å². The lowest BCUT2D eigenvalue weighted by atomic mass is 9.99. The first-order valence-electron chi connectivity index (χ1n) is 7.38. The molecule has 0 aromatic carbocycles. The number of hydrogen-bond acceptors (Lipinski definition) is 3. The zero-order valence-corrected chi connectivity index (χ0v) is 14.2. The van der Waals surface area contributed by atoms with Crippen LogP contribution in [0.5, 0.6) is 0 Å². The largest absolute Gasteiger partial charge is 0.338 e. The van der Waals surface area contributed by atoms with E-state index in [-0.39, 0.29) is 5.91 Å². The summed E-state index contributed by atoms with van der Waals surface area (Å²) in [6.45, 7) is 6.00. The predicted octanol–water partition coefficient (Wildman–Crippen LogP) is 4.69. The van der Waals surface area contributed by atoms with Gasteiger partial charge in [-0.25, -0.2) is 0 Å². The van der Waals surface area contributed by atoms with Gasteiger partial charge in [-0.2, -0.15) is 0 Å². The minimum Gasteiger partial charge on any atom is -0.338 e. The number of carbonyl (C=O) groups is 1. The molecule has 20 heavy (non-hydrogen) atoms. The van der Waals surface area contributed by atoms with Gasteiger partial charge < -0.3 is 4.90 Å². The normalized spacial score (nSPS) is 13.3. The van der Waals surface area contributed by atoms with Gasteiger partial charge in [0.25, 0.3) is 5.91 Å². The van der Waals surface area contributed by atoms with Crippen LogP contribution < -0.4 is 0 Å². The minimum absolute atomic E-state index is 0.241. The van der Waals surface area contributed by atoms with Gasteiger partial charge in [0.1, 0.15) is 0 Å². The van der Waals surface area contributed by atoms with Gasteiger partial charge in [-0.3, -0.25) is 4.79 Å². The van der Waals surface area contributed by atoms with Crippen LogP contribution in [0.25, 0.3) is 6.08 Å². The van der Waals surface area contributed by atoms with E-state index in [9.17, 15) is 4.79 Å². The highest BCUT2D eigenvalue weighted by Gasteiger charge is 2.25. The fourth-order valence-corrected chi connectivity index (χ4v) is 4.66. The number of carbonyl (C=O) groups excluding carboxylic acids is 1. The number of thiophene rings is 1. The monoisotopic (exact) mass is 309 g/mol. The number of hydrogen-bond donors (Lipinski definition) is 0. The molecular weight excluding hydrogens is 286 g/mol. The van der Waals surface area contributed by atoms with E-state index in [1.807, 2.05) is 4.90 Å². The zero-order chi connectivity index (χ0) is 14.5. The van der Waals surface area contributed by atoms with E-state index < -0.39 is 0 Å². The first-order chi connectivity index (χ1) is 9.72. The fraction of sp³-hybridized carbons (Fsp3) is 0.562. The molecule has 1 aromatic heterocycles. The number of fused-ring (bicyclic) bond motifs is 1. The van der Waals surface area contributed by atoms with Crippen molar-refractivity contribution in [3.63, 3.8) is 0 Å². The second kappa shape index (κ2) is 7.32. The molecule has 4 heteroatoms. The Morgan fingerprint density at radius 3 is 2.65 bits per heavy atom. The second-order valence-electron chi connectivity index (χ2n) is 5.05. The molecule has 110 valence electrons. The summed E-state index contributed by atoms with van der Waals surface area (Å²) in [6.07, 6.45) is 10.6. The van der Waals surface area contributed by atoms with E-state index in [1.165, 1.54) is 15.3 Å². The molecule has 1 aromatic rings. The summed E-state index contributed by atoms with van der Waals surface area (Å²) < 4.78 is 1.28. The number of nitrogens with zero attached hydrogens (tertiary/aromatic N) is 1. The van der Waals surface area contributed by atoms with Gasteiger partial charge in [-0.15, -0.1) is 23.1 Å². The lowest BCUT2D eigenvalue weighted by Crippen LogP contribution is -2.32. The van der Waals surface area contributed by atoms with E-state index in [4.69, 9.17) is 0 Å². The van der Waals surface area contributed by atoms with Crippen molar-refractivity contribution in [1.29, 1.82) is 0 Å². The molecule has 0 atom stereocenters. The quantitative estimate of drug-likeness (QED) is 0.710. The lowest BCUT2D eigenvalue weighted by molar-refractivity contribution is 0.0759. The zero-order valence-electron chi connectivity index (χ0n) is 12.6. The third-order valence-corrected chi connectivity index (χ3v) is 5.88. The molecule has 0 unspecified atom stereocenters. The highest BCUT2D eigenvalue weighted by Crippen LogP contribution is 2.39. The number of allylic oxidation sites excluding steroid dienone is 1. The van der Waals surface area contributed by atoms with E-state index >= 15 is 0 Å². The summed E-state index contributed by atoms with van der Waals surface area (Å²) in [5, 5.41) is 0. The van der Waals surface area contributed by atoms with Crippen LogP contribution in [0.4, 0.5) is 0 Å². The standard InChI is InChI=1S/C16H23NOS2/c1-4-10-17(11-5-2)15(18)14-12-8-6-7-9-13(12)16(19-3)20-14/h7,9H,4-6,8,10-11H2,1-3H3. The van der Waals surface area contributed by atoms with Crippen molar-refractivity contribution < 1.29 is 4.79 Å². The lowest BCUT2D eigenvalue weighted by Gasteiger charge is -2.21. The SMILES string of the molecule is CCCN(CCC)C(=O)c1sc(SC)c2c1CCC=C2. The number of amides is 1. The molecule has 1 heterocycles. The molecule has 0 saturated heterocycles. The Morgan fingerprint density at radius 2 is 2.05 bits per heavy atom. The van der Waals surface area contributed by atoms with Crippen molar-refractivity contribution in [1.82, 2.24) is 4.90 Å². The first kappa shape index (κ1) is 15.6. The van der Waals surface area contributed by atoms with Crippen molar-refractivity contribution in [3.8, 4) is 0 Å². The third-order valence-electron chi connectivity index (χ3n) is 3.51. The van der Waals surface area contributed by atoms with Crippen molar-refractivity contribution in [2.75, 3.05) is 19.3 Å². The van der Waals surface area contributed by atoms with Crippen LogP contribution in [-0.2, 0) is 6.42 Å². The molecule has 0 saturated carbocycles. The summed E-state index contributed by atoms with van der Waals surface area (Å²) >= 11 is 3.44. The molecule has 0 aliphatic heterocycles. The Morgan fingerprint density at radius 1 is 1.35 bits per heavy atom. The second-order valence-corrected chi connectivity index (χ2v) is 7.14. The van der Waals surface area contributed by atoms with Crippen LogP contribution >= 0.6 is 23.1 Å². The van der Waals surface area contributed by atoms with Gasteiger partial charge in [-0.05, 0) is 37.5 Å². The van der Waals surface area contributed by atoms with Crippen LogP contribution in [0.1, 0.15) is 53.9 Å². The Balaban J connectivity index is 2.34. The first-order valence-corrected chi connectivity index (χ1v) is 9.42. The molecule has 1 aliphatic rings. The highest BCUT2D eigenvalue weighted by molar-refractivity contribution is 8.00. The van der Waals surface area contributed by atoms with Crippen molar-refractivity contribution in [3.05, 3.63) is 22.1 Å². The topological polar surface area (TPSA) is 20.3 Å². The summed E-state index contributed by atoms with van der Waals surface area (Å²) in [6, 6.07) is 0. The molecule has 2 rings (SSSR count). The van der Waals surface area contributed by atoms with E-state index in [0.29, 0.717) is 0 Å². The smallest absolute Gasteiger partial charge is 0.264 e. The van der Waals surface area contributed by atoms with E-state index in [0.717, 1.165) is 43.6 Å². The van der Waals surface area contributed by atoms with Crippen LogP contribution in [-0.4, -0.2) is 30.2 Å². The Hall–Kier alpha value is -0.740. The van der Waals surface area contributed by atoms with Crippen LogP contribution in [0.3, 0.4) is 0 Å². The minimum atomic E-state index is 0.241. The molecule has 2 nitrogen and oxygen atoms in total. The number of rotatable bonds is 6. The maximum Gasteiger partial charge on any atom is 0.264 e. The van der Waals surface area contributed by atoms with Gasteiger partial charge in [0.15, 0.2) is 0 Å². The van der Waals surface area contributed by atoms with Crippen molar-refractivity contribution >= 4 is 35.1 Å². The van der Waals surface area contributed by atoms with Crippen LogP contribution in [0, 0.1) is 0 Å². The van der Waals surface area contributed by atoms with E-state index in [1.54, 1.807) is 23.1 Å². The predicted molar refractivity (Wildman–Crippen MR) is 89.9 cm³/mol.